The van der Waals surface area contributed by atoms with Gasteiger partial charge < -0.3 is 14.6 Å². The molecule has 0 heterocycles. The van der Waals surface area contributed by atoms with Crippen molar-refractivity contribution in [3.63, 3.8) is 0 Å². The van der Waals surface area contributed by atoms with E-state index >= 15 is 0 Å². The molecule has 0 bridgehead atoms. The van der Waals surface area contributed by atoms with Crippen molar-refractivity contribution in [3.05, 3.63) is 81.8 Å². The number of benzene rings is 3. The first-order chi connectivity index (χ1) is 12.8. The number of aromatic hydroxyl groups is 1. The third-order valence-electron chi connectivity index (χ3n) is 3.40. The third-order valence-corrected chi connectivity index (χ3v) is 3.95. The predicted octanol–water partition coefficient (Wildman–Crippen LogP) is 5.99. The molecule has 0 spiro atoms. The smallest absolute Gasteiger partial charge is 0.347 e. The van der Waals surface area contributed by atoms with Crippen molar-refractivity contribution in [2.24, 2.45) is 0 Å². The summed E-state index contributed by atoms with van der Waals surface area (Å²) in [6.07, 6.45) is 0. The van der Waals surface area contributed by atoms with E-state index in [0.717, 1.165) is 0 Å². The van der Waals surface area contributed by atoms with Crippen molar-refractivity contribution in [2.45, 2.75) is 0 Å². The number of ether oxygens (including phenoxy) is 2. The second kappa shape index (κ2) is 7.82. The molecule has 3 rings (SSSR count). The summed E-state index contributed by atoms with van der Waals surface area (Å²) in [5, 5.41) is 10.2. The highest BCUT2D eigenvalue weighted by Crippen LogP contribution is 2.33. The Labute approximate surface area is 162 Å². The van der Waals surface area contributed by atoms with Gasteiger partial charge in [0, 0.05) is 17.2 Å². The van der Waals surface area contributed by atoms with Gasteiger partial charge in [0.05, 0.1) is 5.02 Å². The molecule has 0 saturated carbocycles. The van der Waals surface area contributed by atoms with E-state index in [9.17, 15) is 18.7 Å². The van der Waals surface area contributed by atoms with Gasteiger partial charge in [0.25, 0.3) is 0 Å². The molecule has 0 aliphatic rings. The lowest BCUT2D eigenvalue weighted by Gasteiger charge is -2.10. The minimum atomic E-state index is -1.27. The molecule has 0 radical (unpaired) electrons. The summed E-state index contributed by atoms with van der Waals surface area (Å²) in [7, 11) is 0. The molecule has 0 aliphatic heterocycles. The van der Waals surface area contributed by atoms with Crippen LogP contribution in [-0.2, 0) is 0 Å². The Morgan fingerprint density at radius 3 is 2.26 bits per heavy atom. The number of hydrogen-bond donors (Lipinski definition) is 1. The van der Waals surface area contributed by atoms with E-state index in [1.54, 1.807) is 24.3 Å². The van der Waals surface area contributed by atoms with Gasteiger partial charge in [0.15, 0.2) is 11.6 Å². The normalized spacial score (nSPS) is 10.5. The van der Waals surface area contributed by atoms with E-state index in [1.807, 2.05) is 0 Å². The second-order valence-electron chi connectivity index (χ2n) is 5.32. The van der Waals surface area contributed by atoms with Gasteiger partial charge in [-0.1, -0.05) is 23.2 Å². The standard InChI is InChI=1S/C19H10Cl2F2O4/c20-10-1-3-12(4-2-10)26-17-6-5-13(9-15(17)21)27-19(25)14-7-11(22)8-16(23)18(14)24/h1-9,24H. The average molecular weight is 411 g/mol. The molecule has 3 aromatic carbocycles. The van der Waals surface area contributed by atoms with E-state index in [0.29, 0.717) is 28.7 Å². The number of phenolic OH excluding ortho intramolecular Hbond substituents is 1. The fraction of sp³-hybridized carbons (Fsp3) is 0. The van der Waals surface area contributed by atoms with Gasteiger partial charge in [-0.25, -0.2) is 13.6 Å². The van der Waals surface area contributed by atoms with Crippen molar-refractivity contribution < 1.29 is 28.2 Å². The summed E-state index contributed by atoms with van der Waals surface area (Å²) >= 11 is 11.9. The van der Waals surface area contributed by atoms with Crippen LogP contribution in [0.3, 0.4) is 0 Å². The number of halogens is 4. The van der Waals surface area contributed by atoms with Crippen molar-refractivity contribution in [1.82, 2.24) is 0 Å². The van der Waals surface area contributed by atoms with Crippen molar-refractivity contribution >= 4 is 29.2 Å². The number of carbonyl (C=O) groups is 1. The first-order valence-corrected chi connectivity index (χ1v) is 8.22. The Morgan fingerprint density at radius 1 is 0.926 bits per heavy atom. The predicted molar refractivity (Wildman–Crippen MR) is 96.0 cm³/mol. The van der Waals surface area contributed by atoms with E-state index in [2.05, 4.69) is 0 Å². The summed E-state index contributed by atoms with van der Waals surface area (Å²) in [5.74, 6) is -3.67. The van der Waals surface area contributed by atoms with Crippen molar-refractivity contribution in [1.29, 1.82) is 0 Å². The number of phenols is 1. The number of esters is 1. The maximum atomic E-state index is 13.3. The highest BCUT2D eigenvalue weighted by atomic mass is 35.5. The molecule has 0 amide bonds. The van der Waals surface area contributed by atoms with Gasteiger partial charge in [-0.05, 0) is 42.5 Å². The largest absolute Gasteiger partial charge is 0.504 e. The van der Waals surface area contributed by atoms with Crippen molar-refractivity contribution in [2.75, 3.05) is 0 Å². The van der Waals surface area contributed by atoms with E-state index in [-0.39, 0.29) is 10.8 Å². The van der Waals surface area contributed by atoms with Crippen LogP contribution in [0.2, 0.25) is 10.0 Å². The van der Waals surface area contributed by atoms with Gasteiger partial charge in [-0.15, -0.1) is 0 Å². The molecule has 1 N–H and O–H groups in total. The third kappa shape index (κ3) is 4.48. The van der Waals surface area contributed by atoms with Crippen molar-refractivity contribution in [3.8, 4) is 23.0 Å². The minimum Gasteiger partial charge on any atom is -0.504 e. The Balaban J connectivity index is 1.78. The zero-order valence-corrected chi connectivity index (χ0v) is 14.9. The monoisotopic (exact) mass is 410 g/mol. The highest BCUT2D eigenvalue weighted by molar-refractivity contribution is 6.32. The fourth-order valence-electron chi connectivity index (χ4n) is 2.14. The summed E-state index contributed by atoms with van der Waals surface area (Å²) < 4.78 is 37.2. The van der Waals surface area contributed by atoms with Crippen LogP contribution in [0.4, 0.5) is 8.78 Å². The topological polar surface area (TPSA) is 55.8 Å². The maximum Gasteiger partial charge on any atom is 0.347 e. The number of rotatable bonds is 4. The molecular weight excluding hydrogens is 401 g/mol. The first kappa shape index (κ1) is 18.9. The summed E-state index contributed by atoms with van der Waals surface area (Å²) in [6, 6.07) is 11.8. The molecule has 0 saturated heterocycles. The SMILES string of the molecule is O=C(Oc1ccc(Oc2ccc(Cl)cc2)c(Cl)c1)c1cc(F)cc(F)c1O. The zero-order valence-electron chi connectivity index (χ0n) is 13.4. The second-order valence-corrected chi connectivity index (χ2v) is 6.17. The number of hydrogen-bond acceptors (Lipinski definition) is 4. The molecule has 27 heavy (non-hydrogen) atoms. The van der Waals surface area contributed by atoms with E-state index in [4.69, 9.17) is 32.7 Å². The quantitative estimate of drug-likeness (QED) is 0.423. The van der Waals surface area contributed by atoms with Crippen LogP contribution in [0, 0.1) is 11.6 Å². The average Bonchev–Trinajstić information content (AvgIpc) is 2.62. The van der Waals surface area contributed by atoms with Crippen LogP contribution < -0.4 is 9.47 Å². The molecule has 0 fully saturated rings. The summed E-state index contributed by atoms with van der Waals surface area (Å²) in [6.45, 7) is 0. The Hall–Kier alpha value is -2.83. The van der Waals surface area contributed by atoms with Crippen LogP contribution in [0.1, 0.15) is 10.4 Å². The first-order valence-electron chi connectivity index (χ1n) is 7.46. The minimum absolute atomic E-state index is 0.00229. The molecule has 138 valence electrons. The molecule has 0 aliphatic carbocycles. The van der Waals surface area contributed by atoms with Crippen LogP contribution >= 0.6 is 23.2 Å². The number of carbonyl (C=O) groups excluding carboxylic acids is 1. The molecule has 8 heteroatoms. The van der Waals surface area contributed by atoms with Gasteiger partial charge >= 0.3 is 5.97 Å². The van der Waals surface area contributed by atoms with Crippen LogP contribution in [0.15, 0.2) is 54.6 Å². The van der Waals surface area contributed by atoms with E-state index < -0.39 is 28.9 Å². The molecular formula is C19H10Cl2F2O4. The van der Waals surface area contributed by atoms with Crippen LogP contribution in [0.25, 0.3) is 0 Å². The molecule has 3 aromatic rings. The van der Waals surface area contributed by atoms with Crippen LogP contribution in [0.5, 0.6) is 23.0 Å². The zero-order chi connectivity index (χ0) is 19.6. The van der Waals surface area contributed by atoms with Crippen LogP contribution in [-0.4, -0.2) is 11.1 Å². The summed E-state index contributed by atoms with van der Waals surface area (Å²) in [4.78, 5) is 12.1. The van der Waals surface area contributed by atoms with Gasteiger partial charge in [0.2, 0.25) is 0 Å². The molecule has 0 atom stereocenters. The van der Waals surface area contributed by atoms with Gasteiger partial charge in [0.1, 0.15) is 28.6 Å². The van der Waals surface area contributed by atoms with Gasteiger partial charge in [-0.3, -0.25) is 0 Å². The van der Waals surface area contributed by atoms with Gasteiger partial charge in [-0.2, -0.15) is 0 Å². The molecule has 0 unspecified atom stereocenters. The lowest BCUT2D eigenvalue weighted by atomic mass is 10.2. The summed E-state index contributed by atoms with van der Waals surface area (Å²) in [5.41, 5.74) is -0.648. The molecule has 4 nitrogen and oxygen atoms in total. The Bertz CT molecular complexity index is 1010. The highest BCUT2D eigenvalue weighted by Gasteiger charge is 2.19. The lowest BCUT2D eigenvalue weighted by Crippen LogP contribution is -2.10. The van der Waals surface area contributed by atoms with E-state index in [1.165, 1.54) is 18.2 Å². The lowest BCUT2D eigenvalue weighted by molar-refractivity contribution is 0.0730. The Morgan fingerprint density at radius 2 is 1.59 bits per heavy atom. The Kier molecular flexibility index (Phi) is 5.48. The maximum absolute atomic E-state index is 13.3. The fourth-order valence-corrected chi connectivity index (χ4v) is 2.48. The molecule has 0 aromatic heterocycles.